The lowest BCUT2D eigenvalue weighted by atomic mass is 10.1. The Hall–Kier alpha value is -1.09. The van der Waals surface area contributed by atoms with Crippen molar-refractivity contribution in [3.05, 3.63) is 34.4 Å². The van der Waals surface area contributed by atoms with Crippen LogP contribution < -0.4 is 4.74 Å². The molecule has 1 aromatic heterocycles. The summed E-state index contributed by atoms with van der Waals surface area (Å²) in [4.78, 5) is 4.36. The van der Waals surface area contributed by atoms with Gasteiger partial charge in [0.25, 0.3) is 0 Å². The second kappa shape index (κ2) is 3.58. The number of nitrogens with zero attached hydrogens (tertiary/aromatic N) is 1. The van der Waals surface area contributed by atoms with Crippen LogP contribution in [0.4, 0.5) is 0 Å². The number of hydrogen-bond acceptors (Lipinski definition) is 2. The van der Waals surface area contributed by atoms with E-state index in [2.05, 4.69) is 20.9 Å². The summed E-state index contributed by atoms with van der Waals surface area (Å²) in [6.45, 7) is 1.99. The molecule has 0 N–H and O–H groups in total. The van der Waals surface area contributed by atoms with E-state index in [4.69, 9.17) is 4.74 Å². The van der Waals surface area contributed by atoms with Gasteiger partial charge in [0.05, 0.1) is 12.6 Å². The molecule has 2 rings (SSSR count). The van der Waals surface area contributed by atoms with Crippen LogP contribution in [0.15, 0.2) is 28.9 Å². The van der Waals surface area contributed by atoms with Crippen molar-refractivity contribution in [1.29, 1.82) is 0 Å². The first kappa shape index (κ1) is 9.46. The topological polar surface area (TPSA) is 22.1 Å². The van der Waals surface area contributed by atoms with Crippen molar-refractivity contribution in [2.24, 2.45) is 0 Å². The number of rotatable bonds is 1. The summed E-state index contributed by atoms with van der Waals surface area (Å²) in [6, 6.07) is 5.97. The average molecular weight is 252 g/mol. The van der Waals surface area contributed by atoms with E-state index >= 15 is 0 Å². The third kappa shape index (κ3) is 1.38. The monoisotopic (exact) mass is 251 g/mol. The number of halogens is 1. The Morgan fingerprint density at radius 2 is 2.14 bits per heavy atom. The maximum atomic E-state index is 5.35. The summed E-state index contributed by atoms with van der Waals surface area (Å²) in [5.41, 5.74) is 1.99. The zero-order valence-electron chi connectivity index (χ0n) is 8.04. The predicted molar refractivity (Wildman–Crippen MR) is 60.7 cm³/mol. The SMILES string of the molecule is COc1c(C)cnc2c(Br)cccc12. The van der Waals surface area contributed by atoms with Crippen molar-refractivity contribution in [1.82, 2.24) is 4.98 Å². The molecule has 1 heterocycles. The Balaban J connectivity index is 2.88. The van der Waals surface area contributed by atoms with Crippen molar-refractivity contribution in [3.8, 4) is 5.75 Å². The molecule has 0 fully saturated rings. The van der Waals surface area contributed by atoms with Gasteiger partial charge in [0.1, 0.15) is 5.75 Å². The second-order valence-electron chi connectivity index (χ2n) is 3.11. The largest absolute Gasteiger partial charge is 0.496 e. The van der Waals surface area contributed by atoms with Crippen molar-refractivity contribution < 1.29 is 4.74 Å². The van der Waals surface area contributed by atoms with Crippen LogP contribution in [-0.4, -0.2) is 12.1 Å². The number of hydrogen-bond donors (Lipinski definition) is 0. The first-order chi connectivity index (χ1) is 6.74. The molecule has 72 valence electrons. The average Bonchev–Trinajstić information content (AvgIpc) is 2.18. The third-order valence-corrected chi connectivity index (χ3v) is 2.82. The standard InChI is InChI=1S/C11H10BrNO/c1-7-6-13-10-8(11(7)14-2)4-3-5-9(10)12/h3-6H,1-2H3. The molecule has 2 nitrogen and oxygen atoms in total. The third-order valence-electron chi connectivity index (χ3n) is 2.18. The van der Waals surface area contributed by atoms with E-state index in [9.17, 15) is 0 Å². The van der Waals surface area contributed by atoms with Crippen LogP contribution in [-0.2, 0) is 0 Å². The highest BCUT2D eigenvalue weighted by Gasteiger charge is 2.07. The predicted octanol–water partition coefficient (Wildman–Crippen LogP) is 3.31. The number of pyridine rings is 1. The Morgan fingerprint density at radius 1 is 1.36 bits per heavy atom. The molecule has 0 aliphatic carbocycles. The van der Waals surface area contributed by atoms with Gasteiger partial charge in [-0.3, -0.25) is 4.98 Å². The van der Waals surface area contributed by atoms with Crippen LogP contribution in [0.3, 0.4) is 0 Å². The number of methoxy groups -OCH3 is 1. The summed E-state index contributed by atoms with van der Waals surface area (Å²) in [5, 5.41) is 1.04. The number of aromatic nitrogens is 1. The van der Waals surface area contributed by atoms with Gasteiger partial charge in [-0.15, -0.1) is 0 Å². The van der Waals surface area contributed by atoms with E-state index in [1.54, 1.807) is 7.11 Å². The molecule has 0 atom stereocenters. The zero-order valence-corrected chi connectivity index (χ0v) is 9.63. The molecule has 14 heavy (non-hydrogen) atoms. The zero-order chi connectivity index (χ0) is 10.1. The molecule has 0 radical (unpaired) electrons. The molecular formula is C11H10BrNO. The molecule has 0 saturated heterocycles. The van der Waals surface area contributed by atoms with Crippen LogP contribution >= 0.6 is 15.9 Å². The minimum Gasteiger partial charge on any atom is -0.496 e. The van der Waals surface area contributed by atoms with E-state index in [1.807, 2.05) is 31.3 Å². The van der Waals surface area contributed by atoms with E-state index in [-0.39, 0.29) is 0 Å². The summed E-state index contributed by atoms with van der Waals surface area (Å²) in [5.74, 6) is 0.899. The fourth-order valence-corrected chi connectivity index (χ4v) is 2.00. The van der Waals surface area contributed by atoms with Gasteiger partial charge in [-0.2, -0.15) is 0 Å². The lowest BCUT2D eigenvalue weighted by Crippen LogP contribution is -1.91. The Morgan fingerprint density at radius 3 is 2.86 bits per heavy atom. The van der Waals surface area contributed by atoms with E-state index < -0.39 is 0 Å². The number of aryl methyl sites for hydroxylation is 1. The van der Waals surface area contributed by atoms with Crippen molar-refractivity contribution in [2.45, 2.75) is 6.92 Å². The van der Waals surface area contributed by atoms with Gasteiger partial charge in [0.15, 0.2) is 0 Å². The highest BCUT2D eigenvalue weighted by atomic mass is 79.9. The quantitative estimate of drug-likeness (QED) is 0.776. The molecule has 0 bridgehead atoms. The van der Waals surface area contributed by atoms with Gasteiger partial charge in [0, 0.05) is 21.6 Å². The number of para-hydroxylation sites is 1. The fraction of sp³-hybridized carbons (Fsp3) is 0.182. The molecule has 3 heteroatoms. The highest BCUT2D eigenvalue weighted by Crippen LogP contribution is 2.31. The second-order valence-corrected chi connectivity index (χ2v) is 3.96. The molecule has 0 amide bonds. The van der Waals surface area contributed by atoms with Crippen LogP contribution in [0.5, 0.6) is 5.75 Å². The summed E-state index contributed by atoms with van der Waals surface area (Å²) >= 11 is 3.47. The minimum atomic E-state index is 0.899. The maximum absolute atomic E-state index is 5.35. The molecule has 0 aliphatic rings. The first-order valence-corrected chi connectivity index (χ1v) is 5.11. The van der Waals surface area contributed by atoms with Crippen molar-refractivity contribution in [3.63, 3.8) is 0 Å². The lowest BCUT2D eigenvalue weighted by molar-refractivity contribution is 0.416. The van der Waals surface area contributed by atoms with Gasteiger partial charge in [-0.1, -0.05) is 6.07 Å². The Bertz CT molecular complexity index is 482. The van der Waals surface area contributed by atoms with Crippen molar-refractivity contribution in [2.75, 3.05) is 7.11 Å². The van der Waals surface area contributed by atoms with E-state index in [1.165, 1.54) is 0 Å². The van der Waals surface area contributed by atoms with Gasteiger partial charge in [-0.25, -0.2) is 0 Å². The lowest BCUT2D eigenvalue weighted by Gasteiger charge is -2.08. The molecule has 0 saturated carbocycles. The van der Waals surface area contributed by atoms with Crippen LogP contribution in [0.25, 0.3) is 10.9 Å². The molecule has 1 aromatic carbocycles. The van der Waals surface area contributed by atoms with Gasteiger partial charge in [0.2, 0.25) is 0 Å². The van der Waals surface area contributed by atoms with E-state index in [0.717, 1.165) is 26.7 Å². The van der Waals surface area contributed by atoms with Gasteiger partial charge in [-0.05, 0) is 35.0 Å². The molecule has 0 aliphatic heterocycles. The maximum Gasteiger partial charge on any atom is 0.132 e. The van der Waals surface area contributed by atoms with Crippen molar-refractivity contribution >= 4 is 26.8 Å². The molecule has 0 unspecified atom stereocenters. The number of fused-ring (bicyclic) bond motifs is 1. The molecule has 0 spiro atoms. The number of ether oxygens (including phenoxy) is 1. The highest BCUT2D eigenvalue weighted by molar-refractivity contribution is 9.10. The Labute approximate surface area is 91.0 Å². The molecular weight excluding hydrogens is 242 g/mol. The van der Waals surface area contributed by atoms with E-state index in [0.29, 0.717) is 0 Å². The summed E-state index contributed by atoms with van der Waals surface area (Å²) in [6.07, 6.45) is 1.83. The Kier molecular flexibility index (Phi) is 2.42. The van der Waals surface area contributed by atoms with Crippen LogP contribution in [0.1, 0.15) is 5.56 Å². The minimum absolute atomic E-state index is 0.899. The van der Waals surface area contributed by atoms with Gasteiger partial charge < -0.3 is 4.74 Å². The summed E-state index contributed by atoms with van der Waals surface area (Å²) in [7, 11) is 1.68. The first-order valence-electron chi connectivity index (χ1n) is 4.32. The summed E-state index contributed by atoms with van der Waals surface area (Å²) < 4.78 is 6.35. The smallest absolute Gasteiger partial charge is 0.132 e. The normalized spacial score (nSPS) is 10.5. The van der Waals surface area contributed by atoms with Crippen LogP contribution in [0, 0.1) is 6.92 Å². The van der Waals surface area contributed by atoms with Gasteiger partial charge >= 0.3 is 0 Å². The fourth-order valence-electron chi connectivity index (χ4n) is 1.53. The van der Waals surface area contributed by atoms with Crippen LogP contribution in [0.2, 0.25) is 0 Å². The number of benzene rings is 1. The molecule has 2 aromatic rings.